The van der Waals surface area contributed by atoms with Crippen molar-refractivity contribution in [1.82, 2.24) is 10.3 Å². The van der Waals surface area contributed by atoms with Gasteiger partial charge in [-0.25, -0.2) is 4.98 Å². The van der Waals surface area contributed by atoms with Crippen molar-refractivity contribution >= 4 is 29.7 Å². The Hall–Kier alpha value is -0.650. The zero-order valence-corrected chi connectivity index (χ0v) is 15.6. The number of hydrogen-bond donors (Lipinski definition) is 2. The highest BCUT2D eigenvalue weighted by Crippen LogP contribution is 2.45. The Morgan fingerprint density at radius 3 is 2.50 bits per heavy atom. The molecule has 1 aliphatic carbocycles. The highest BCUT2D eigenvalue weighted by atomic mass is 35.5. The minimum Gasteiger partial charge on any atom is -0.348 e. The molecule has 126 valence electrons. The Balaban J connectivity index is 0.00000242. The summed E-state index contributed by atoms with van der Waals surface area (Å²) in [4.78, 5) is 16.7. The van der Waals surface area contributed by atoms with Gasteiger partial charge in [-0.15, -0.1) is 23.7 Å². The number of nitrogens with zero attached hydrogens (tertiary/aromatic N) is 1. The van der Waals surface area contributed by atoms with Crippen LogP contribution in [0.25, 0.3) is 0 Å². The van der Waals surface area contributed by atoms with E-state index in [0.717, 1.165) is 24.3 Å². The Kier molecular flexibility index (Phi) is 6.42. The van der Waals surface area contributed by atoms with E-state index in [4.69, 9.17) is 5.73 Å². The van der Waals surface area contributed by atoms with Crippen molar-refractivity contribution in [3.63, 3.8) is 0 Å². The lowest BCUT2D eigenvalue weighted by Crippen LogP contribution is -2.46. The van der Waals surface area contributed by atoms with E-state index >= 15 is 0 Å². The molecule has 0 unspecified atom stereocenters. The third-order valence-corrected chi connectivity index (χ3v) is 4.94. The molecule has 1 aromatic rings. The third-order valence-electron chi connectivity index (χ3n) is 4.03. The second kappa shape index (κ2) is 7.28. The largest absolute Gasteiger partial charge is 0.348 e. The quantitative estimate of drug-likeness (QED) is 0.878. The maximum Gasteiger partial charge on any atom is 0.270 e. The Labute approximate surface area is 143 Å². The van der Waals surface area contributed by atoms with Crippen LogP contribution in [0.3, 0.4) is 0 Å². The molecule has 4 nitrogen and oxygen atoms in total. The first-order chi connectivity index (χ1) is 9.71. The molecule has 0 aromatic carbocycles. The van der Waals surface area contributed by atoms with Crippen molar-refractivity contribution in [2.24, 2.45) is 16.6 Å². The van der Waals surface area contributed by atoms with Gasteiger partial charge in [-0.3, -0.25) is 4.79 Å². The van der Waals surface area contributed by atoms with E-state index in [0.29, 0.717) is 12.2 Å². The van der Waals surface area contributed by atoms with Crippen LogP contribution < -0.4 is 11.1 Å². The van der Waals surface area contributed by atoms with Crippen LogP contribution in [0.2, 0.25) is 0 Å². The number of rotatable bonds is 4. The number of thiazole rings is 1. The molecule has 1 heterocycles. The van der Waals surface area contributed by atoms with E-state index in [2.05, 4.69) is 38.0 Å². The predicted octanol–water partition coefficient (Wildman–Crippen LogP) is 3.40. The van der Waals surface area contributed by atoms with Crippen LogP contribution in [0.1, 0.15) is 62.5 Å². The van der Waals surface area contributed by atoms with Crippen LogP contribution in [0.5, 0.6) is 0 Å². The normalized spacial score (nSPS) is 20.2. The van der Waals surface area contributed by atoms with Crippen LogP contribution in [0, 0.1) is 10.8 Å². The lowest BCUT2D eigenvalue weighted by Gasteiger charge is -2.45. The molecule has 0 radical (unpaired) electrons. The van der Waals surface area contributed by atoms with Gasteiger partial charge in [0.15, 0.2) is 0 Å². The first-order valence-corrected chi connectivity index (χ1v) is 8.54. The fourth-order valence-corrected chi connectivity index (χ4v) is 4.66. The van der Waals surface area contributed by atoms with E-state index in [9.17, 15) is 4.79 Å². The lowest BCUT2D eigenvalue weighted by atomic mass is 9.63. The second-order valence-corrected chi connectivity index (χ2v) is 8.69. The summed E-state index contributed by atoms with van der Waals surface area (Å²) in [6.07, 6.45) is 4.00. The molecule has 1 saturated carbocycles. The van der Waals surface area contributed by atoms with Gasteiger partial charge in [-0.1, -0.05) is 27.7 Å². The number of carbonyl (C=O) groups excluding carboxylic acids is 1. The first-order valence-electron chi connectivity index (χ1n) is 7.66. The summed E-state index contributed by atoms with van der Waals surface area (Å²) in [7, 11) is 0. The molecule has 0 bridgehead atoms. The molecule has 1 fully saturated rings. The fraction of sp³-hybridized carbons (Fsp3) is 0.750. The smallest absolute Gasteiger partial charge is 0.270 e. The first kappa shape index (κ1) is 19.4. The van der Waals surface area contributed by atoms with Crippen molar-refractivity contribution in [2.75, 3.05) is 6.54 Å². The average molecular weight is 346 g/mol. The van der Waals surface area contributed by atoms with Crippen LogP contribution in [0.15, 0.2) is 5.38 Å². The van der Waals surface area contributed by atoms with E-state index in [-0.39, 0.29) is 35.2 Å². The number of nitrogens with one attached hydrogen (secondary N) is 1. The molecular formula is C16H28ClN3OS. The monoisotopic (exact) mass is 345 g/mol. The molecule has 0 atom stereocenters. The van der Waals surface area contributed by atoms with Gasteiger partial charge in [0.1, 0.15) is 5.69 Å². The molecule has 6 heteroatoms. The zero-order chi connectivity index (χ0) is 15.7. The van der Waals surface area contributed by atoms with Crippen LogP contribution in [-0.4, -0.2) is 23.5 Å². The molecular weight excluding hydrogens is 318 g/mol. The standard InChI is InChI=1S/C16H27N3OS.ClH/c1-15(2)7-11(8-16(3,4)10-15)18-14(20)12-9-21-13(19-12)5-6-17;/h9,11H,5-8,10,17H2,1-4H3,(H,18,20);1H. The number of nitrogens with two attached hydrogens (primary N) is 1. The maximum absolute atomic E-state index is 12.4. The molecule has 1 aromatic heterocycles. The molecule has 2 rings (SSSR count). The van der Waals surface area contributed by atoms with Crippen LogP contribution >= 0.6 is 23.7 Å². The molecule has 1 aliphatic rings. The predicted molar refractivity (Wildman–Crippen MR) is 94.8 cm³/mol. The highest BCUT2D eigenvalue weighted by molar-refractivity contribution is 7.09. The topological polar surface area (TPSA) is 68.0 Å². The molecule has 3 N–H and O–H groups in total. The summed E-state index contributed by atoms with van der Waals surface area (Å²) in [5.41, 5.74) is 6.59. The fourth-order valence-electron chi connectivity index (χ4n) is 3.86. The summed E-state index contributed by atoms with van der Waals surface area (Å²) in [6.45, 7) is 9.72. The van der Waals surface area contributed by atoms with Gasteiger partial charge in [0, 0.05) is 17.8 Å². The SMILES string of the molecule is CC1(C)CC(NC(=O)c2csc(CCN)n2)CC(C)(C)C1.Cl. The Bertz CT molecular complexity index is 497. The van der Waals surface area contributed by atoms with Crippen molar-refractivity contribution in [1.29, 1.82) is 0 Å². The zero-order valence-electron chi connectivity index (χ0n) is 13.9. The van der Waals surface area contributed by atoms with E-state index in [1.54, 1.807) is 0 Å². The average Bonchev–Trinajstić information content (AvgIpc) is 2.73. The summed E-state index contributed by atoms with van der Waals surface area (Å²) < 4.78 is 0. The van der Waals surface area contributed by atoms with Gasteiger partial charge in [-0.2, -0.15) is 0 Å². The molecule has 0 aliphatic heterocycles. The van der Waals surface area contributed by atoms with Crippen LogP contribution in [-0.2, 0) is 6.42 Å². The van der Waals surface area contributed by atoms with Gasteiger partial charge < -0.3 is 11.1 Å². The van der Waals surface area contributed by atoms with Crippen molar-refractivity contribution in [3.05, 3.63) is 16.1 Å². The molecule has 22 heavy (non-hydrogen) atoms. The summed E-state index contributed by atoms with van der Waals surface area (Å²) in [5.74, 6) is -0.0481. The van der Waals surface area contributed by atoms with Gasteiger partial charge in [0.2, 0.25) is 0 Å². The second-order valence-electron chi connectivity index (χ2n) is 7.75. The number of carbonyl (C=O) groups is 1. The number of aromatic nitrogens is 1. The van der Waals surface area contributed by atoms with Gasteiger partial charge >= 0.3 is 0 Å². The van der Waals surface area contributed by atoms with E-state index < -0.39 is 0 Å². The molecule has 1 amide bonds. The molecule has 0 spiro atoms. The number of hydrogen-bond acceptors (Lipinski definition) is 4. The summed E-state index contributed by atoms with van der Waals surface area (Å²) >= 11 is 1.51. The Morgan fingerprint density at radius 1 is 1.36 bits per heavy atom. The van der Waals surface area contributed by atoms with Crippen LogP contribution in [0.4, 0.5) is 0 Å². The van der Waals surface area contributed by atoms with Gasteiger partial charge in [-0.05, 0) is 36.6 Å². The summed E-state index contributed by atoms with van der Waals surface area (Å²) in [6, 6.07) is 0.232. The van der Waals surface area contributed by atoms with Crippen molar-refractivity contribution < 1.29 is 4.79 Å². The van der Waals surface area contributed by atoms with E-state index in [1.807, 2.05) is 5.38 Å². The Morgan fingerprint density at radius 2 is 1.95 bits per heavy atom. The lowest BCUT2D eigenvalue weighted by molar-refractivity contribution is 0.0711. The summed E-state index contributed by atoms with van der Waals surface area (Å²) in [5, 5.41) is 5.95. The van der Waals surface area contributed by atoms with Gasteiger partial charge in [0.05, 0.1) is 5.01 Å². The third kappa shape index (κ3) is 5.21. The minimum atomic E-state index is -0.0481. The number of amides is 1. The minimum absolute atomic E-state index is 0. The number of halogens is 1. The highest BCUT2D eigenvalue weighted by Gasteiger charge is 2.39. The van der Waals surface area contributed by atoms with Crippen molar-refractivity contribution in [2.45, 2.75) is 59.4 Å². The van der Waals surface area contributed by atoms with Crippen molar-refractivity contribution in [3.8, 4) is 0 Å². The van der Waals surface area contributed by atoms with E-state index in [1.165, 1.54) is 17.8 Å². The van der Waals surface area contributed by atoms with Gasteiger partial charge in [0.25, 0.3) is 5.91 Å². The molecule has 0 saturated heterocycles. The maximum atomic E-state index is 12.4.